The number of ketones is 1. The van der Waals surface area contributed by atoms with Gasteiger partial charge in [-0.05, 0) is 12.5 Å². The average Bonchev–Trinajstić information content (AvgIpc) is 2.87. The SMILES string of the molecule is CC(=O)c1csc(C2CCOc3ccccc32)n1. The molecule has 1 unspecified atom stereocenters. The molecule has 1 aromatic heterocycles. The number of Topliss-reactive ketones (excluding diaryl/α,β-unsaturated/α-hetero) is 1. The summed E-state index contributed by atoms with van der Waals surface area (Å²) in [6.07, 6.45) is 0.919. The molecule has 0 aliphatic carbocycles. The van der Waals surface area contributed by atoms with Crippen LogP contribution < -0.4 is 4.74 Å². The van der Waals surface area contributed by atoms with Crippen molar-refractivity contribution in [1.82, 2.24) is 4.98 Å². The number of carbonyl (C=O) groups excluding carboxylic acids is 1. The molecule has 0 amide bonds. The molecule has 0 bridgehead atoms. The van der Waals surface area contributed by atoms with E-state index in [0.717, 1.165) is 17.2 Å². The van der Waals surface area contributed by atoms with Gasteiger partial charge in [0.2, 0.25) is 0 Å². The largest absolute Gasteiger partial charge is 0.493 e. The Morgan fingerprint density at radius 2 is 2.28 bits per heavy atom. The van der Waals surface area contributed by atoms with Crippen LogP contribution in [0.15, 0.2) is 29.6 Å². The number of aromatic nitrogens is 1. The first-order valence-electron chi connectivity index (χ1n) is 5.94. The Labute approximate surface area is 109 Å². The van der Waals surface area contributed by atoms with Gasteiger partial charge in [-0.25, -0.2) is 4.98 Å². The van der Waals surface area contributed by atoms with Gasteiger partial charge in [0.1, 0.15) is 16.5 Å². The maximum Gasteiger partial charge on any atom is 0.178 e. The van der Waals surface area contributed by atoms with Gasteiger partial charge >= 0.3 is 0 Å². The number of ether oxygens (including phenoxy) is 1. The molecule has 92 valence electrons. The van der Waals surface area contributed by atoms with Gasteiger partial charge in [-0.1, -0.05) is 18.2 Å². The molecule has 1 aliphatic rings. The molecule has 18 heavy (non-hydrogen) atoms. The lowest BCUT2D eigenvalue weighted by Crippen LogP contribution is -2.15. The Morgan fingerprint density at radius 1 is 1.44 bits per heavy atom. The highest BCUT2D eigenvalue weighted by Crippen LogP contribution is 2.38. The second-order valence-corrected chi connectivity index (χ2v) is 5.24. The van der Waals surface area contributed by atoms with Gasteiger partial charge in [0.05, 0.1) is 6.61 Å². The molecule has 0 saturated heterocycles. The summed E-state index contributed by atoms with van der Waals surface area (Å²) in [4.78, 5) is 15.8. The molecular weight excluding hydrogens is 246 g/mol. The fourth-order valence-electron chi connectivity index (χ4n) is 2.21. The van der Waals surface area contributed by atoms with Crippen molar-refractivity contribution in [3.05, 3.63) is 45.9 Å². The van der Waals surface area contributed by atoms with Crippen LogP contribution in [-0.4, -0.2) is 17.4 Å². The van der Waals surface area contributed by atoms with Gasteiger partial charge in [0.25, 0.3) is 0 Å². The van der Waals surface area contributed by atoms with Crippen LogP contribution in [-0.2, 0) is 0 Å². The van der Waals surface area contributed by atoms with Crippen molar-refractivity contribution in [2.24, 2.45) is 0 Å². The van der Waals surface area contributed by atoms with Gasteiger partial charge in [-0.15, -0.1) is 11.3 Å². The molecule has 1 atom stereocenters. The van der Waals surface area contributed by atoms with Crippen molar-refractivity contribution < 1.29 is 9.53 Å². The topological polar surface area (TPSA) is 39.2 Å². The van der Waals surface area contributed by atoms with Crippen LogP contribution in [0, 0.1) is 0 Å². The molecule has 1 aliphatic heterocycles. The number of rotatable bonds is 2. The minimum absolute atomic E-state index is 0.0258. The fourth-order valence-corrected chi connectivity index (χ4v) is 3.22. The molecular formula is C14H13NO2S. The van der Waals surface area contributed by atoms with Crippen molar-refractivity contribution in [2.45, 2.75) is 19.3 Å². The highest BCUT2D eigenvalue weighted by Gasteiger charge is 2.25. The summed E-state index contributed by atoms with van der Waals surface area (Å²) >= 11 is 1.56. The van der Waals surface area contributed by atoms with E-state index in [0.29, 0.717) is 12.3 Å². The number of thiazole rings is 1. The Hall–Kier alpha value is -1.68. The summed E-state index contributed by atoms with van der Waals surface area (Å²) in [5.74, 6) is 1.22. The van der Waals surface area contributed by atoms with Crippen molar-refractivity contribution in [3.63, 3.8) is 0 Å². The zero-order valence-corrected chi connectivity index (χ0v) is 10.9. The lowest BCUT2D eigenvalue weighted by molar-refractivity contribution is 0.101. The number of hydrogen-bond donors (Lipinski definition) is 0. The highest BCUT2D eigenvalue weighted by atomic mass is 32.1. The van der Waals surface area contributed by atoms with Gasteiger partial charge in [0, 0.05) is 23.8 Å². The highest BCUT2D eigenvalue weighted by molar-refractivity contribution is 7.10. The molecule has 0 N–H and O–H groups in total. The van der Waals surface area contributed by atoms with Crippen LogP contribution in [0.2, 0.25) is 0 Å². The van der Waals surface area contributed by atoms with Crippen molar-refractivity contribution in [3.8, 4) is 5.75 Å². The molecule has 0 radical (unpaired) electrons. The third-order valence-electron chi connectivity index (χ3n) is 3.14. The first-order valence-corrected chi connectivity index (χ1v) is 6.82. The van der Waals surface area contributed by atoms with E-state index in [1.54, 1.807) is 18.3 Å². The minimum atomic E-state index is 0.0258. The van der Waals surface area contributed by atoms with Crippen LogP contribution in [0.1, 0.15) is 40.3 Å². The number of fused-ring (bicyclic) bond motifs is 1. The van der Waals surface area contributed by atoms with E-state index in [1.807, 2.05) is 23.6 Å². The summed E-state index contributed by atoms with van der Waals surface area (Å²) in [6, 6.07) is 8.05. The zero-order valence-electron chi connectivity index (χ0n) is 10.1. The van der Waals surface area contributed by atoms with Gasteiger partial charge in [-0.3, -0.25) is 4.79 Å². The van der Waals surface area contributed by atoms with E-state index < -0.39 is 0 Å². The maximum absolute atomic E-state index is 11.3. The summed E-state index contributed by atoms with van der Waals surface area (Å²) < 4.78 is 5.64. The van der Waals surface area contributed by atoms with E-state index in [4.69, 9.17) is 4.74 Å². The Balaban J connectivity index is 2.00. The quantitative estimate of drug-likeness (QED) is 0.777. The van der Waals surface area contributed by atoms with E-state index >= 15 is 0 Å². The molecule has 0 spiro atoms. The van der Waals surface area contributed by atoms with Gasteiger partial charge in [-0.2, -0.15) is 0 Å². The molecule has 2 aromatic rings. The second-order valence-electron chi connectivity index (χ2n) is 4.35. The fraction of sp³-hybridized carbons (Fsp3) is 0.286. The smallest absolute Gasteiger partial charge is 0.178 e. The standard InChI is InChI=1S/C14H13NO2S/c1-9(16)12-8-18-14(15-12)11-6-7-17-13-5-3-2-4-10(11)13/h2-5,8,11H,6-7H2,1H3. The van der Waals surface area contributed by atoms with Crippen LogP contribution in [0.4, 0.5) is 0 Å². The zero-order chi connectivity index (χ0) is 12.5. The van der Waals surface area contributed by atoms with Crippen LogP contribution in [0.5, 0.6) is 5.75 Å². The van der Waals surface area contributed by atoms with Crippen LogP contribution >= 0.6 is 11.3 Å². The number of carbonyl (C=O) groups is 1. The van der Waals surface area contributed by atoms with Gasteiger partial charge in [0.15, 0.2) is 5.78 Å². The van der Waals surface area contributed by atoms with E-state index in [-0.39, 0.29) is 11.7 Å². The lowest BCUT2D eigenvalue weighted by atomic mass is 9.94. The number of nitrogens with zero attached hydrogens (tertiary/aromatic N) is 1. The molecule has 3 rings (SSSR count). The Morgan fingerprint density at radius 3 is 3.06 bits per heavy atom. The molecule has 4 heteroatoms. The molecule has 2 heterocycles. The second kappa shape index (κ2) is 4.53. The van der Waals surface area contributed by atoms with E-state index in [2.05, 4.69) is 11.1 Å². The van der Waals surface area contributed by atoms with E-state index in [1.165, 1.54) is 5.56 Å². The molecule has 0 saturated carbocycles. The van der Waals surface area contributed by atoms with Crippen molar-refractivity contribution in [1.29, 1.82) is 0 Å². The molecule has 3 nitrogen and oxygen atoms in total. The Kier molecular flexibility index (Phi) is 2.88. The van der Waals surface area contributed by atoms with Crippen molar-refractivity contribution >= 4 is 17.1 Å². The number of para-hydroxylation sites is 1. The van der Waals surface area contributed by atoms with Gasteiger partial charge < -0.3 is 4.74 Å². The van der Waals surface area contributed by atoms with Crippen molar-refractivity contribution in [2.75, 3.05) is 6.61 Å². The summed E-state index contributed by atoms with van der Waals surface area (Å²) in [5, 5.41) is 2.85. The summed E-state index contributed by atoms with van der Waals surface area (Å²) in [5.41, 5.74) is 1.74. The van der Waals surface area contributed by atoms with Crippen LogP contribution in [0.3, 0.4) is 0 Å². The number of hydrogen-bond acceptors (Lipinski definition) is 4. The monoisotopic (exact) mass is 259 g/mol. The number of benzene rings is 1. The first-order chi connectivity index (χ1) is 8.75. The summed E-state index contributed by atoms with van der Waals surface area (Å²) in [6.45, 7) is 2.26. The third kappa shape index (κ3) is 1.93. The first kappa shape index (κ1) is 11.4. The van der Waals surface area contributed by atoms with Crippen LogP contribution in [0.25, 0.3) is 0 Å². The third-order valence-corrected chi connectivity index (χ3v) is 4.10. The predicted molar refractivity (Wildman–Crippen MR) is 70.5 cm³/mol. The Bertz CT molecular complexity index is 591. The molecule has 1 aromatic carbocycles. The summed E-state index contributed by atoms with van der Waals surface area (Å²) in [7, 11) is 0. The molecule has 0 fully saturated rings. The lowest BCUT2D eigenvalue weighted by Gasteiger charge is -2.24. The predicted octanol–water partition coefficient (Wildman–Crippen LogP) is 3.26. The normalized spacial score (nSPS) is 17.9. The average molecular weight is 259 g/mol. The minimum Gasteiger partial charge on any atom is -0.493 e. The maximum atomic E-state index is 11.3. The van der Waals surface area contributed by atoms with E-state index in [9.17, 15) is 4.79 Å².